The first-order valence-electron chi connectivity index (χ1n) is 5.90. The monoisotopic (exact) mass is 276 g/mol. The van der Waals surface area contributed by atoms with Gasteiger partial charge in [0.1, 0.15) is 0 Å². The maximum atomic E-state index is 12.6. The fourth-order valence-electron chi connectivity index (χ4n) is 2.00. The summed E-state index contributed by atoms with van der Waals surface area (Å²) in [5, 5.41) is 0.345. The lowest BCUT2D eigenvalue weighted by molar-refractivity contribution is -0.137. The first-order chi connectivity index (χ1) is 8.45. The van der Waals surface area contributed by atoms with Crippen LogP contribution in [0.1, 0.15) is 25.3 Å². The number of benzene rings is 1. The predicted octanol–water partition coefficient (Wildman–Crippen LogP) is 4.37. The molecule has 2 atom stereocenters. The molecule has 0 aromatic heterocycles. The standard InChI is InChI=1S/C13H15F3OS/c1-9-7-12(5-6-17-9)18-11-4-2-3-10(8-11)13(14,15)16/h2-4,8-9,12H,5-7H2,1H3. The maximum absolute atomic E-state index is 12.6. The van der Waals surface area contributed by atoms with E-state index >= 15 is 0 Å². The molecule has 1 saturated heterocycles. The van der Waals surface area contributed by atoms with Crippen molar-refractivity contribution in [2.45, 2.75) is 42.2 Å². The Labute approximate surface area is 109 Å². The molecule has 1 aromatic rings. The van der Waals surface area contributed by atoms with Gasteiger partial charge in [-0.3, -0.25) is 0 Å². The average molecular weight is 276 g/mol. The van der Waals surface area contributed by atoms with E-state index in [4.69, 9.17) is 4.74 Å². The molecule has 0 saturated carbocycles. The van der Waals surface area contributed by atoms with Crippen LogP contribution in [0.15, 0.2) is 29.2 Å². The SMILES string of the molecule is CC1CC(Sc2cccc(C(F)(F)F)c2)CCO1. The molecule has 2 rings (SSSR count). The largest absolute Gasteiger partial charge is 0.416 e. The quantitative estimate of drug-likeness (QED) is 0.793. The molecule has 1 aromatic carbocycles. The zero-order valence-corrected chi connectivity index (χ0v) is 10.9. The van der Waals surface area contributed by atoms with Gasteiger partial charge < -0.3 is 4.74 Å². The van der Waals surface area contributed by atoms with Crippen LogP contribution in [0.5, 0.6) is 0 Å². The summed E-state index contributed by atoms with van der Waals surface area (Å²) in [5.74, 6) is 0. The molecule has 5 heteroatoms. The molecule has 1 heterocycles. The number of halogens is 3. The molecule has 0 spiro atoms. The molecule has 0 amide bonds. The third-order valence-corrected chi connectivity index (χ3v) is 4.19. The molecular formula is C13H15F3OS. The highest BCUT2D eigenvalue weighted by Gasteiger charge is 2.30. The van der Waals surface area contributed by atoms with Gasteiger partial charge in [-0.1, -0.05) is 6.07 Å². The van der Waals surface area contributed by atoms with Crippen molar-refractivity contribution in [1.82, 2.24) is 0 Å². The zero-order chi connectivity index (χ0) is 13.2. The number of alkyl halides is 3. The normalized spacial score (nSPS) is 25.1. The van der Waals surface area contributed by atoms with Crippen molar-refractivity contribution in [2.24, 2.45) is 0 Å². The molecule has 1 nitrogen and oxygen atoms in total. The first kappa shape index (κ1) is 13.7. The summed E-state index contributed by atoms with van der Waals surface area (Å²) in [6.45, 7) is 2.69. The first-order valence-corrected chi connectivity index (χ1v) is 6.78. The third-order valence-electron chi connectivity index (χ3n) is 2.90. The van der Waals surface area contributed by atoms with Crippen molar-refractivity contribution < 1.29 is 17.9 Å². The van der Waals surface area contributed by atoms with Crippen molar-refractivity contribution in [3.05, 3.63) is 29.8 Å². The van der Waals surface area contributed by atoms with Crippen LogP contribution < -0.4 is 0 Å². The van der Waals surface area contributed by atoms with E-state index < -0.39 is 11.7 Å². The second-order valence-corrected chi connectivity index (χ2v) is 5.85. The molecule has 1 aliphatic rings. The second-order valence-electron chi connectivity index (χ2n) is 4.47. The Bertz CT molecular complexity index is 405. The van der Waals surface area contributed by atoms with Crippen molar-refractivity contribution >= 4 is 11.8 Å². The highest BCUT2D eigenvalue weighted by atomic mass is 32.2. The highest BCUT2D eigenvalue weighted by molar-refractivity contribution is 8.00. The van der Waals surface area contributed by atoms with Gasteiger partial charge in [0.15, 0.2) is 0 Å². The van der Waals surface area contributed by atoms with Crippen LogP contribution in [0.25, 0.3) is 0 Å². The fraction of sp³-hybridized carbons (Fsp3) is 0.538. The van der Waals surface area contributed by atoms with E-state index in [1.807, 2.05) is 6.92 Å². The van der Waals surface area contributed by atoms with E-state index in [9.17, 15) is 13.2 Å². The van der Waals surface area contributed by atoms with Gasteiger partial charge in [0.05, 0.1) is 11.7 Å². The van der Waals surface area contributed by atoms with Crippen LogP contribution >= 0.6 is 11.8 Å². The summed E-state index contributed by atoms with van der Waals surface area (Å²) in [5.41, 5.74) is -0.576. The van der Waals surface area contributed by atoms with Crippen LogP contribution in [0.4, 0.5) is 13.2 Å². The second kappa shape index (κ2) is 5.53. The summed E-state index contributed by atoms with van der Waals surface area (Å²) in [4.78, 5) is 0.684. The minimum Gasteiger partial charge on any atom is -0.378 e. The smallest absolute Gasteiger partial charge is 0.378 e. The van der Waals surface area contributed by atoms with E-state index in [-0.39, 0.29) is 6.10 Å². The number of ether oxygens (including phenoxy) is 1. The van der Waals surface area contributed by atoms with Crippen molar-refractivity contribution in [2.75, 3.05) is 6.61 Å². The van der Waals surface area contributed by atoms with Gasteiger partial charge in [0, 0.05) is 16.8 Å². The van der Waals surface area contributed by atoms with E-state index in [0.717, 1.165) is 18.9 Å². The van der Waals surface area contributed by atoms with Crippen LogP contribution in [0, 0.1) is 0 Å². The van der Waals surface area contributed by atoms with Crippen LogP contribution in [0.2, 0.25) is 0 Å². The lowest BCUT2D eigenvalue weighted by Crippen LogP contribution is -2.24. The van der Waals surface area contributed by atoms with Gasteiger partial charge in [-0.2, -0.15) is 13.2 Å². The Kier molecular flexibility index (Phi) is 4.22. The van der Waals surface area contributed by atoms with Crippen molar-refractivity contribution in [3.63, 3.8) is 0 Å². The van der Waals surface area contributed by atoms with Crippen LogP contribution in [-0.2, 0) is 10.9 Å². The molecule has 2 unspecified atom stereocenters. The third kappa shape index (κ3) is 3.65. The number of hydrogen-bond donors (Lipinski definition) is 0. The Balaban J connectivity index is 2.05. The number of rotatable bonds is 2. The molecule has 0 N–H and O–H groups in total. The van der Waals surface area contributed by atoms with Gasteiger partial charge in [0.25, 0.3) is 0 Å². The topological polar surface area (TPSA) is 9.23 Å². The van der Waals surface area contributed by atoms with Crippen molar-refractivity contribution in [1.29, 1.82) is 0 Å². The minimum absolute atomic E-state index is 0.196. The van der Waals surface area contributed by atoms with Gasteiger partial charge >= 0.3 is 6.18 Å². The van der Waals surface area contributed by atoms with Crippen LogP contribution in [0.3, 0.4) is 0 Å². The minimum atomic E-state index is -4.26. The van der Waals surface area contributed by atoms with E-state index in [1.54, 1.807) is 6.07 Å². The highest BCUT2D eigenvalue weighted by Crippen LogP contribution is 2.35. The number of hydrogen-bond acceptors (Lipinski definition) is 2. The van der Waals surface area contributed by atoms with Gasteiger partial charge in [-0.15, -0.1) is 11.8 Å². The fourth-order valence-corrected chi connectivity index (χ4v) is 3.32. The maximum Gasteiger partial charge on any atom is 0.416 e. The molecule has 1 aliphatic heterocycles. The van der Waals surface area contributed by atoms with Gasteiger partial charge in [0.2, 0.25) is 0 Å². The number of thioether (sulfide) groups is 1. The zero-order valence-electron chi connectivity index (χ0n) is 10.0. The summed E-state index contributed by atoms with van der Waals surface area (Å²) in [6, 6.07) is 5.54. The molecule has 18 heavy (non-hydrogen) atoms. The predicted molar refractivity (Wildman–Crippen MR) is 65.7 cm³/mol. The van der Waals surface area contributed by atoms with Crippen molar-refractivity contribution in [3.8, 4) is 0 Å². The Morgan fingerprint density at radius 3 is 2.78 bits per heavy atom. The summed E-state index contributed by atoms with van der Waals surface area (Å²) < 4.78 is 43.2. The average Bonchev–Trinajstić information content (AvgIpc) is 2.28. The van der Waals surface area contributed by atoms with E-state index in [2.05, 4.69) is 0 Å². The molecule has 0 bridgehead atoms. The molecule has 0 aliphatic carbocycles. The molecule has 0 radical (unpaired) electrons. The van der Waals surface area contributed by atoms with Gasteiger partial charge in [-0.05, 0) is 38.0 Å². The van der Waals surface area contributed by atoms with Gasteiger partial charge in [-0.25, -0.2) is 0 Å². The molecular weight excluding hydrogens is 261 g/mol. The lowest BCUT2D eigenvalue weighted by Gasteiger charge is -2.26. The summed E-state index contributed by atoms with van der Waals surface area (Å²) in [6.07, 6.45) is -2.28. The molecule has 1 fully saturated rings. The Morgan fingerprint density at radius 1 is 1.33 bits per heavy atom. The Morgan fingerprint density at radius 2 is 2.11 bits per heavy atom. The summed E-state index contributed by atoms with van der Waals surface area (Å²) in [7, 11) is 0. The molecule has 100 valence electrons. The van der Waals surface area contributed by atoms with Crippen LogP contribution in [-0.4, -0.2) is 18.0 Å². The van der Waals surface area contributed by atoms with E-state index in [1.165, 1.54) is 23.9 Å². The summed E-state index contributed by atoms with van der Waals surface area (Å²) >= 11 is 1.52. The lowest BCUT2D eigenvalue weighted by atomic mass is 10.1. The van der Waals surface area contributed by atoms with E-state index in [0.29, 0.717) is 16.8 Å². The Hall–Kier alpha value is -0.680.